The molecule has 0 saturated carbocycles. The number of hydrogen-bond donors (Lipinski definition) is 1. The predicted molar refractivity (Wildman–Crippen MR) is 79.5 cm³/mol. The number of sulfone groups is 1. The van der Waals surface area contributed by atoms with E-state index in [0.29, 0.717) is 5.39 Å². The van der Waals surface area contributed by atoms with Gasteiger partial charge in [0.2, 0.25) is 9.84 Å². The van der Waals surface area contributed by atoms with E-state index in [1.165, 1.54) is 6.07 Å². The van der Waals surface area contributed by atoms with Crippen LogP contribution in [-0.4, -0.2) is 34.2 Å². The summed E-state index contributed by atoms with van der Waals surface area (Å²) >= 11 is 0. The number of nitrogens with zero attached hydrogens (tertiary/aromatic N) is 1. The van der Waals surface area contributed by atoms with Crippen molar-refractivity contribution in [3.05, 3.63) is 36.4 Å². The number of anilines is 1. The van der Waals surface area contributed by atoms with Gasteiger partial charge in [0.15, 0.2) is 11.7 Å². The number of benzene rings is 2. The molecule has 0 aromatic heterocycles. The highest BCUT2D eigenvalue weighted by Crippen LogP contribution is 2.30. The van der Waals surface area contributed by atoms with E-state index in [-0.39, 0.29) is 11.2 Å². The minimum absolute atomic E-state index is 0.0818. The van der Waals surface area contributed by atoms with Gasteiger partial charge in [-0.3, -0.25) is 0 Å². The Morgan fingerprint density at radius 2 is 1.70 bits per heavy atom. The van der Waals surface area contributed by atoms with Crippen LogP contribution in [0.3, 0.4) is 0 Å². The molecule has 0 bridgehead atoms. The number of carbonyl (C=O) groups is 1. The molecule has 0 aliphatic rings. The highest BCUT2D eigenvalue weighted by molar-refractivity contribution is 7.92. The molecule has 0 heterocycles. The number of aldehydes is 1. The van der Waals surface area contributed by atoms with E-state index in [9.17, 15) is 13.2 Å². The monoisotopic (exact) mass is 292 g/mol. The van der Waals surface area contributed by atoms with Crippen molar-refractivity contribution in [2.45, 2.75) is 10.3 Å². The molecule has 0 amide bonds. The van der Waals surface area contributed by atoms with Crippen LogP contribution < -0.4 is 10.6 Å². The zero-order chi connectivity index (χ0) is 14.9. The van der Waals surface area contributed by atoms with Gasteiger partial charge in [-0.15, -0.1) is 0 Å². The van der Waals surface area contributed by atoms with E-state index in [1.807, 2.05) is 31.1 Å². The molecule has 106 valence electrons. The van der Waals surface area contributed by atoms with E-state index < -0.39 is 15.2 Å². The molecule has 2 rings (SSSR count). The summed E-state index contributed by atoms with van der Waals surface area (Å²) in [6, 6.07) is 10.4. The highest BCUT2D eigenvalue weighted by atomic mass is 32.2. The normalized spacial score (nSPS) is 13.2. The molecule has 20 heavy (non-hydrogen) atoms. The molecule has 1 atom stereocenters. The largest absolute Gasteiger partial charge is 0.377 e. The fourth-order valence-corrected chi connectivity index (χ4v) is 3.31. The van der Waals surface area contributed by atoms with Crippen LogP contribution in [0.5, 0.6) is 0 Å². The molecule has 5 nitrogen and oxygen atoms in total. The average Bonchev–Trinajstić information content (AvgIpc) is 2.44. The lowest BCUT2D eigenvalue weighted by atomic mass is 10.1. The van der Waals surface area contributed by atoms with Gasteiger partial charge in [0.1, 0.15) is 0 Å². The maximum atomic E-state index is 12.3. The molecular formula is C14H16N2O3S. The topological polar surface area (TPSA) is 80.5 Å². The van der Waals surface area contributed by atoms with E-state index in [0.717, 1.165) is 11.1 Å². The van der Waals surface area contributed by atoms with Gasteiger partial charge in [-0.1, -0.05) is 24.3 Å². The average molecular weight is 292 g/mol. The van der Waals surface area contributed by atoms with Gasteiger partial charge in [-0.25, -0.2) is 8.42 Å². The first-order chi connectivity index (χ1) is 9.39. The first-order valence-electron chi connectivity index (χ1n) is 6.03. The Labute approximate surface area is 117 Å². The number of nitrogens with two attached hydrogens (primary N) is 1. The van der Waals surface area contributed by atoms with Crippen LogP contribution in [0.4, 0.5) is 5.69 Å². The number of carbonyl (C=O) groups excluding carboxylic acids is 1. The molecule has 0 spiro atoms. The fourth-order valence-electron chi connectivity index (χ4n) is 2.12. The first kappa shape index (κ1) is 14.5. The van der Waals surface area contributed by atoms with Gasteiger partial charge in [0.25, 0.3) is 0 Å². The second-order valence-electron chi connectivity index (χ2n) is 4.67. The third kappa shape index (κ3) is 2.28. The number of fused-ring (bicyclic) bond motifs is 1. The van der Waals surface area contributed by atoms with Gasteiger partial charge >= 0.3 is 0 Å². The molecule has 0 aliphatic heterocycles. The van der Waals surface area contributed by atoms with E-state index in [2.05, 4.69) is 0 Å². The molecular weight excluding hydrogens is 276 g/mol. The fraction of sp³-hybridized carbons (Fsp3) is 0.214. The van der Waals surface area contributed by atoms with Crippen LogP contribution in [-0.2, 0) is 14.6 Å². The third-order valence-electron chi connectivity index (χ3n) is 3.14. The van der Waals surface area contributed by atoms with Crippen molar-refractivity contribution < 1.29 is 13.2 Å². The minimum atomic E-state index is -3.87. The van der Waals surface area contributed by atoms with Crippen LogP contribution in [0, 0.1) is 0 Å². The van der Waals surface area contributed by atoms with Crippen LogP contribution in [0.2, 0.25) is 0 Å². The van der Waals surface area contributed by atoms with Crippen LogP contribution in [0.15, 0.2) is 41.3 Å². The Bertz CT molecular complexity index is 754. The minimum Gasteiger partial charge on any atom is -0.377 e. The third-order valence-corrected chi connectivity index (χ3v) is 4.94. The number of hydrogen-bond acceptors (Lipinski definition) is 5. The summed E-state index contributed by atoms with van der Waals surface area (Å²) in [5, 5.41) is -0.177. The molecule has 6 heteroatoms. The second-order valence-corrected chi connectivity index (χ2v) is 6.74. The van der Waals surface area contributed by atoms with E-state index >= 15 is 0 Å². The Kier molecular flexibility index (Phi) is 3.78. The van der Waals surface area contributed by atoms with Crippen molar-refractivity contribution in [1.29, 1.82) is 0 Å². The standard InChI is InChI=1S/C14H16N2O3S/c1-16(2)12-7-3-6-11-10(12)5-4-8-13(11)20(18,19)14(15)9-17/h3-9,14H,15H2,1-2H3. The molecule has 0 fully saturated rings. The van der Waals surface area contributed by atoms with E-state index in [1.54, 1.807) is 18.2 Å². The SMILES string of the molecule is CN(C)c1cccc2c(S(=O)(=O)C(N)C=O)cccc12. The van der Waals surface area contributed by atoms with Gasteiger partial charge in [0.05, 0.1) is 4.90 Å². The van der Waals surface area contributed by atoms with Crippen molar-refractivity contribution in [2.75, 3.05) is 19.0 Å². The lowest BCUT2D eigenvalue weighted by molar-refractivity contribution is -0.107. The molecule has 2 N–H and O–H groups in total. The van der Waals surface area contributed by atoms with Gasteiger partial charge in [-0.05, 0) is 12.1 Å². The maximum Gasteiger partial charge on any atom is 0.201 e. The van der Waals surface area contributed by atoms with Crippen LogP contribution >= 0.6 is 0 Å². The van der Waals surface area contributed by atoms with Crippen LogP contribution in [0.25, 0.3) is 10.8 Å². The summed E-state index contributed by atoms with van der Waals surface area (Å²) in [5.41, 5.74) is 6.31. The van der Waals surface area contributed by atoms with Crippen molar-refractivity contribution >= 4 is 32.6 Å². The van der Waals surface area contributed by atoms with Crippen LogP contribution in [0.1, 0.15) is 0 Å². The smallest absolute Gasteiger partial charge is 0.201 e. The zero-order valence-corrected chi connectivity index (χ0v) is 12.1. The summed E-state index contributed by atoms with van der Waals surface area (Å²) in [6.07, 6.45) is 0.240. The van der Waals surface area contributed by atoms with Crippen molar-refractivity contribution in [3.63, 3.8) is 0 Å². The lowest BCUT2D eigenvalue weighted by Crippen LogP contribution is -2.32. The Hall–Kier alpha value is -1.92. The molecule has 0 radical (unpaired) electrons. The summed E-state index contributed by atoms with van der Waals surface area (Å²) < 4.78 is 24.6. The zero-order valence-electron chi connectivity index (χ0n) is 11.3. The van der Waals surface area contributed by atoms with Gasteiger partial charge < -0.3 is 15.4 Å². The summed E-state index contributed by atoms with van der Waals surface area (Å²) in [6.45, 7) is 0. The summed E-state index contributed by atoms with van der Waals surface area (Å²) in [4.78, 5) is 12.7. The Morgan fingerprint density at radius 3 is 2.30 bits per heavy atom. The summed E-state index contributed by atoms with van der Waals surface area (Å²) in [7, 11) is -0.103. The predicted octanol–water partition coefficient (Wildman–Crippen LogP) is 1.16. The van der Waals surface area contributed by atoms with Crippen molar-refractivity contribution in [1.82, 2.24) is 0 Å². The molecule has 0 aliphatic carbocycles. The lowest BCUT2D eigenvalue weighted by Gasteiger charge is -2.17. The Morgan fingerprint density at radius 1 is 1.10 bits per heavy atom. The maximum absolute atomic E-state index is 12.3. The van der Waals surface area contributed by atoms with Crippen molar-refractivity contribution in [3.8, 4) is 0 Å². The summed E-state index contributed by atoms with van der Waals surface area (Å²) in [5.74, 6) is 0. The van der Waals surface area contributed by atoms with Crippen molar-refractivity contribution in [2.24, 2.45) is 5.73 Å². The molecule has 0 saturated heterocycles. The van der Waals surface area contributed by atoms with Gasteiger partial charge in [-0.2, -0.15) is 0 Å². The molecule has 1 unspecified atom stereocenters. The Balaban J connectivity index is 2.81. The molecule has 2 aromatic carbocycles. The van der Waals surface area contributed by atoms with Gasteiger partial charge in [0, 0.05) is 30.6 Å². The van der Waals surface area contributed by atoms with E-state index in [4.69, 9.17) is 5.73 Å². The highest BCUT2D eigenvalue weighted by Gasteiger charge is 2.25. The number of rotatable bonds is 4. The second kappa shape index (κ2) is 5.22. The quantitative estimate of drug-likeness (QED) is 0.855. The molecule has 2 aromatic rings. The first-order valence-corrected chi connectivity index (χ1v) is 7.58.